The van der Waals surface area contributed by atoms with Crippen LogP contribution < -0.4 is 0 Å². The number of aldehydes is 2. The zero-order chi connectivity index (χ0) is 9.14. The van der Waals surface area contributed by atoms with E-state index in [4.69, 9.17) is 0 Å². The summed E-state index contributed by atoms with van der Waals surface area (Å²) in [7, 11) is 0. The summed E-state index contributed by atoms with van der Waals surface area (Å²) >= 11 is 0. The average molecular weight is 162 g/mol. The Hall–Kier alpha value is -1.44. The van der Waals surface area contributed by atoms with Gasteiger partial charge in [0.2, 0.25) is 0 Å². The van der Waals surface area contributed by atoms with Crippen LogP contribution in [0.4, 0.5) is 0 Å². The predicted molar refractivity (Wildman–Crippen MR) is 46.7 cm³/mol. The average Bonchev–Trinajstić information content (AvgIpc) is 2.08. The Kier molecular flexibility index (Phi) is 2.38. The maximum absolute atomic E-state index is 10.5. The van der Waals surface area contributed by atoms with Crippen LogP contribution in [0.1, 0.15) is 31.8 Å². The Morgan fingerprint density at radius 1 is 1.00 bits per heavy atom. The summed E-state index contributed by atoms with van der Waals surface area (Å²) in [5, 5.41) is 0. The van der Waals surface area contributed by atoms with E-state index in [-0.39, 0.29) is 0 Å². The van der Waals surface area contributed by atoms with Crippen LogP contribution >= 0.6 is 0 Å². The van der Waals surface area contributed by atoms with E-state index in [1.807, 2.05) is 6.92 Å². The molecule has 1 aromatic rings. The summed E-state index contributed by atoms with van der Waals surface area (Å²) in [5.41, 5.74) is 2.88. The molecule has 0 atom stereocenters. The highest BCUT2D eigenvalue weighted by atomic mass is 16.1. The van der Waals surface area contributed by atoms with Gasteiger partial charge in [-0.2, -0.15) is 0 Å². The first-order chi connectivity index (χ1) is 5.69. The van der Waals surface area contributed by atoms with Gasteiger partial charge < -0.3 is 0 Å². The Balaban J connectivity index is 3.41. The summed E-state index contributed by atoms with van der Waals surface area (Å²) in [4.78, 5) is 21.1. The largest absolute Gasteiger partial charge is 0.298 e. The lowest BCUT2D eigenvalue weighted by atomic mass is 10.0. The van der Waals surface area contributed by atoms with Gasteiger partial charge in [0.25, 0.3) is 0 Å². The van der Waals surface area contributed by atoms with Gasteiger partial charge in [-0.3, -0.25) is 9.59 Å². The summed E-state index contributed by atoms with van der Waals surface area (Å²) in [6, 6.07) is 3.55. The highest BCUT2D eigenvalue weighted by molar-refractivity contribution is 5.85. The molecule has 2 heteroatoms. The summed E-state index contributed by atoms with van der Waals surface area (Å²) in [5.74, 6) is 0. The minimum absolute atomic E-state index is 0.595. The van der Waals surface area contributed by atoms with Crippen molar-refractivity contribution in [3.8, 4) is 0 Å². The van der Waals surface area contributed by atoms with Gasteiger partial charge in [0.15, 0.2) is 0 Å². The highest BCUT2D eigenvalue weighted by Gasteiger charge is 2.03. The van der Waals surface area contributed by atoms with Gasteiger partial charge in [0.05, 0.1) is 0 Å². The van der Waals surface area contributed by atoms with Crippen LogP contribution in [0.25, 0.3) is 0 Å². The van der Waals surface area contributed by atoms with Crippen LogP contribution in [0.15, 0.2) is 12.1 Å². The van der Waals surface area contributed by atoms with Crippen LogP contribution in [0, 0.1) is 13.8 Å². The molecule has 0 aromatic heterocycles. The molecule has 0 aliphatic rings. The molecular weight excluding hydrogens is 152 g/mol. The van der Waals surface area contributed by atoms with Crippen molar-refractivity contribution in [2.75, 3.05) is 0 Å². The summed E-state index contributed by atoms with van der Waals surface area (Å²) < 4.78 is 0. The molecule has 1 aromatic carbocycles. The second kappa shape index (κ2) is 3.30. The minimum Gasteiger partial charge on any atom is -0.298 e. The molecule has 0 unspecified atom stereocenters. The zero-order valence-electron chi connectivity index (χ0n) is 7.13. The van der Waals surface area contributed by atoms with Crippen LogP contribution in [0.3, 0.4) is 0 Å². The van der Waals surface area contributed by atoms with Gasteiger partial charge in [0.1, 0.15) is 12.6 Å². The molecule has 1 rings (SSSR count). The maximum Gasteiger partial charge on any atom is 0.150 e. The van der Waals surface area contributed by atoms with Crippen LogP contribution in [0.5, 0.6) is 0 Å². The van der Waals surface area contributed by atoms with Crippen LogP contribution in [-0.4, -0.2) is 12.6 Å². The lowest BCUT2D eigenvalue weighted by Gasteiger charge is -2.02. The highest BCUT2D eigenvalue weighted by Crippen LogP contribution is 2.13. The fraction of sp³-hybridized carbons (Fsp3) is 0.200. The van der Waals surface area contributed by atoms with Crippen molar-refractivity contribution in [2.45, 2.75) is 13.8 Å². The van der Waals surface area contributed by atoms with E-state index in [0.717, 1.165) is 23.7 Å². The van der Waals surface area contributed by atoms with Crippen LogP contribution in [0.2, 0.25) is 0 Å². The number of hydrogen-bond acceptors (Lipinski definition) is 2. The Bertz CT molecular complexity index is 298. The minimum atomic E-state index is 0.595. The van der Waals surface area contributed by atoms with Crippen molar-refractivity contribution in [2.24, 2.45) is 0 Å². The van der Waals surface area contributed by atoms with E-state index < -0.39 is 0 Å². The first-order valence-electron chi connectivity index (χ1n) is 3.70. The molecule has 0 N–H and O–H groups in total. The lowest BCUT2D eigenvalue weighted by molar-refractivity contribution is 0.112. The van der Waals surface area contributed by atoms with E-state index in [0.29, 0.717) is 11.1 Å². The third kappa shape index (κ3) is 1.42. The SMILES string of the molecule is Cc1cc(C=O)c(C)c(C=O)c1. The van der Waals surface area contributed by atoms with Gasteiger partial charge in [-0.1, -0.05) is 0 Å². The molecule has 0 saturated carbocycles. The maximum atomic E-state index is 10.5. The van der Waals surface area contributed by atoms with Gasteiger partial charge in [-0.25, -0.2) is 0 Å². The third-order valence-electron chi connectivity index (χ3n) is 1.89. The van der Waals surface area contributed by atoms with Gasteiger partial charge >= 0.3 is 0 Å². The smallest absolute Gasteiger partial charge is 0.150 e. The fourth-order valence-corrected chi connectivity index (χ4v) is 1.16. The van der Waals surface area contributed by atoms with Crippen LogP contribution in [-0.2, 0) is 0 Å². The molecule has 0 radical (unpaired) electrons. The number of aryl methyl sites for hydroxylation is 1. The number of carbonyl (C=O) groups is 2. The Morgan fingerprint density at radius 2 is 1.42 bits per heavy atom. The molecule has 0 fully saturated rings. The second-order valence-corrected chi connectivity index (χ2v) is 2.80. The van der Waals surface area contributed by atoms with Gasteiger partial charge in [-0.15, -0.1) is 0 Å². The topological polar surface area (TPSA) is 34.1 Å². The summed E-state index contributed by atoms with van der Waals surface area (Å²) in [6.07, 6.45) is 1.55. The molecule has 0 amide bonds. The molecule has 0 spiro atoms. The molecule has 62 valence electrons. The van der Waals surface area contributed by atoms with Crippen molar-refractivity contribution in [1.29, 1.82) is 0 Å². The molecular formula is C10H10O2. The van der Waals surface area contributed by atoms with E-state index in [1.165, 1.54) is 0 Å². The lowest BCUT2D eigenvalue weighted by Crippen LogP contribution is -1.94. The standard InChI is InChI=1S/C10H10O2/c1-7-3-9(5-11)8(2)10(4-7)6-12/h3-6H,1-2H3. The van der Waals surface area contributed by atoms with Crippen molar-refractivity contribution in [3.05, 3.63) is 34.4 Å². The molecule has 0 bridgehead atoms. The molecule has 0 aliphatic carbocycles. The van der Waals surface area contributed by atoms with Gasteiger partial charge in [0, 0.05) is 11.1 Å². The van der Waals surface area contributed by atoms with E-state index in [2.05, 4.69) is 0 Å². The normalized spacial score (nSPS) is 9.50. The predicted octanol–water partition coefficient (Wildman–Crippen LogP) is 1.93. The fourth-order valence-electron chi connectivity index (χ4n) is 1.16. The van der Waals surface area contributed by atoms with Crippen molar-refractivity contribution in [3.63, 3.8) is 0 Å². The monoisotopic (exact) mass is 162 g/mol. The summed E-state index contributed by atoms with van der Waals surface area (Å²) in [6.45, 7) is 3.63. The van der Waals surface area contributed by atoms with E-state index >= 15 is 0 Å². The quantitative estimate of drug-likeness (QED) is 0.622. The molecule has 0 heterocycles. The number of hydrogen-bond donors (Lipinski definition) is 0. The first kappa shape index (κ1) is 8.65. The first-order valence-corrected chi connectivity index (χ1v) is 3.70. The molecule has 0 saturated heterocycles. The Labute approximate surface area is 71.2 Å². The van der Waals surface area contributed by atoms with Gasteiger partial charge in [-0.05, 0) is 37.1 Å². The number of benzene rings is 1. The van der Waals surface area contributed by atoms with E-state index in [9.17, 15) is 9.59 Å². The zero-order valence-corrected chi connectivity index (χ0v) is 7.13. The number of carbonyl (C=O) groups excluding carboxylic acids is 2. The molecule has 12 heavy (non-hydrogen) atoms. The third-order valence-corrected chi connectivity index (χ3v) is 1.89. The van der Waals surface area contributed by atoms with E-state index in [1.54, 1.807) is 19.1 Å². The number of rotatable bonds is 2. The van der Waals surface area contributed by atoms with Crippen molar-refractivity contribution >= 4 is 12.6 Å². The molecule has 2 nitrogen and oxygen atoms in total. The van der Waals surface area contributed by atoms with Crippen molar-refractivity contribution < 1.29 is 9.59 Å². The molecule has 0 aliphatic heterocycles. The Morgan fingerprint density at radius 3 is 1.75 bits per heavy atom. The second-order valence-electron chi connectivity index (χ2n) is 2.80. The van der Waals surface area contributed by atoms with Crippen molar-refractivity contribution in [1.82, 2.24) is 0 Å².